The zero-order chi connectivity index (χ0) is 23.6. The number of aryl methyl sites for hydroxylation is 1. The molecule has 0 fully saturated rings. The van der Waals surface area contributed by atoms with Crippen LogP contribution in [0.2, 0.25) is 0 Å². The summed E-state index contributed by atoms with van der Waals surface area (Å²) >= 11 is 0. The standard InChI is InChI=1S/C19H21F3N6O2.C2H6/c1-18-8-28-12-14(26(2)17(30)25-15(12)29)24-16(28)27-7-10(23)5-3-9(13(18)27)4-6-11(18)19(20,21)22;1-2/h6,10H,3-5,7-8,23H2,1-2H3,(H,25,29,30);1-2H3. The van der Waals surface area contributed by atoms with E-state index in [0.29, 0.717) is 24.5 Å². The number of anilines is 1. The number of alkyl halides is 3. The van der Waals surface area contributed by atoms with Crippen LogP contribution < -0.4 is 21.9 Å². The fourth-order valence-corrected chi connectivity index (χ4v) is 5.22. The average molecular weight is 452 g/mol. The van der Waals surface area contributed by atoms with E-state index in [1.54, 1.807) is 11.8 Å². The molecule has 0 spiro atoms. The molecule has 0 radical (unpaired) electrons. The van der Waals surface area contributed by atoms with Gasteiger partial charge in [-0.25, -0.2) is 4.79 Å². The summed E-state index contributed by atoms with van der Waals surface area (Å²) in [5, 5.41) is 0. The van der Waals surface area contributed by atoms with Gasteiger partial charge in [0.25, 0.3) is 5.56 Å². The fraction of sp³-hybridized carbons (Fsp3) is 0.571. The van der Waals surface area contributed by atoms with Crippen molar-refractivity contribution in [2.45, 2.75) is 58.8 Å². The van der Waals surface area contributed by atoms with Crippen molar-refractivity contribution in [3.8, 4) is 0 Å². The van der Waals surface area contributed by atoms with E-state index in [4.69, 9.17) is 5.73 Å². The summed E-state index contributed by atoms with van der Waals surface area (Å²) in [5.74, 6) is 0.349. The molecule has 2 unspecified atom stereocenters. The lowest BCUT2D eigenvalue weighted by molar-refractivity contribution is -0.106. The summed E-state index contributed by atoms with van der Waals surface area (Å²) in [6.07, 6.45) is -1.77. The highest BCUT2D eigenvalue weighted by atomic mass is 19.4. The normalized spacial score (nSPS) is 24.9. The maximum atomic E-state index is 14.1. The highest BCUT2D eigenvalue weighted by Gasteiger charge is 2.54. The van der Waals surface area contributed by atoms with Crippen molar-refractivity contribution in [2.75, 3.05) is 11.4 Å². The van der Waals surface area contributed by atoms with Crippen LogP contribution in [0.1, 0.15) is 40.0 Å². The highest BCUT2D eigenvalue weighted by Crippen LogP contribution is 2.55. The Morgan fingerprint density at radius 2 is 1.97 bits per heavy atom. The van der Waals surface area contributed by atoms with Gasteiger partial charge in [-0.05, 0) is 31.8 Å². The molecule has 2 aliphatic heterocycles. The molecule has 0 saturated carbocycles. The number of nitrogens with zero attached hydrogens (tertiary/aromatic N) is 4. The Morgan fingerprint density at radius 3 is 2.62 bits per heavy atom. The maximum absolute atomic E-state index is 14.1. The lowest BCUT2D eigenvalue weighted by Crippen LogP contribution is -2.50. The molecule has 4 heterocycles. The second-order valence-electron chi connectivity index (χ2n) is 8.50. The molecule has 2 atom stereocenters. The number of rotatable bonds is 0. The molecule has 0 saturated heterocycles. The zero-order valence-corrected chi connectivity index (χ0v) is 18.5. The molecule has 2 aromatic heterocycles. The van der Waals surface area contributed by atoms with Gasteiger partial charge in [0.1, 0.15) is 0 Å². The van der Waals surface area contributed by atoms with Crippen LogP contribution in [0.15, 0.2) is 32.5 Å². The van der Waals surface area contributed by atoms with Gasteiger partial charge in [-0.1, -0.05) is 19.9 Å². The summed E-state index contributed by atoms with van der Waals surface area (Å²) in [7, 11) is 1.47. The van der Waals surface area contributed by atoms with Crippen molar-refractivity contribution in [2.24, 2.45) is 18.2 Å². The van der Waals surface area contributed by atoms with Gasteiger partial charge < -0.3 is 15.2 Å². The van der Waals surface area contributed by atoms with Crippen LogP contribution in [0.25, 0.3) is 11.2 Å². The third-order valence-electron chi connectivity index (χ3n) is 6.52. The number of nitrogens with two attached hydrogens (primary N) is 1. The molecule has 0 bridgehead atoms. The minimum absolute atomic E-state index is 0.0823. The van der Waals surface area contributed by atoms with Gasteiger partial charge in [-0.3, -0.25) is 14.3 Å². The van der Waals surface area contributed by atoms with E-state index in [0.717, 1.165) is 5.57 Å². The first-order valence-electron chi connectivity index (χ1n) is 10.8. The van der Waals surface area contributed by atoms with E-state index < -0.39 is 28.4 Å². The number of nitrogens with one attached hydrogen (secondary N) is 1. The van der Waals surface area contributed by atoms with Crippen molar-refractivity contribution < 1.29 is 13.2 Å². The van der Waals surface area contributed by atoms with Crippen LogP contribution in [-0.4, -0.2) is 37.9 Å². The second-order valence-corrected chi connectivity index (χ2v) is 8.50. The first-order chi connectivity index (χ1) is 15.0. The predicted octanol–water partition coefficient (Wildman–Crippen LogP) is 2.54. The van der Waals surface area contributed by atoms with Gasteiger partial charge in [-0.15, -0.1) is 0 Å². The monoisotopic (exact) mass is 452 g/mol. The van der Waals surface area contributed by atoms with Gasteiger partial charge in [0.2, 0.25) is 5.95 Å². The molecule has 1 aliphatic carbocycles. The molecule has 174 valence electrons. The minimum Gasteiger partial charge on any atom is -0.326 e. The summed E-state index contributed by atoms with van der Waals surface area (Å²) in [5.41, 5.74) is 4.66. The van der Waals surface area contributed by atoms with Gasteiger partial charge in [0, 0.05) is 37.4 Å². The van der Waals surface area contributed by atoms with Crippen LogP contribution in [-0.2, 0) is 13.6 Å². The molecule has 32 heavy (non-hydrogen) atoms. The predicted molar refractivity (Wildman–Crippen MR) is 115 cm³/mol. The molecule has 3 aliphatic rings. The Balaban J connectivity index is 0.00000119. The van der Waals surface area contributed by atoms with Crippen molar-refractivity contribution in [1.82, 2.24) is 19.1 Å². The van der Waals surface area contributed by atoms with Crippen LogP contribution >= 0.6 is 0 Å². The van der Waals surface area contributed by atoms with Gasteiger partial charge >= 0.3 is 11.9 Å². The average Bonchev–Trinajstić information content (AvgIpc) is 3.00. The SMILES string of the molecule is CC.Cn1c(=O)[nH]c(=O)c2c1nc1n2CC2(C)C(C(F)(F)F)=CCC3=C2N1CC(N)CC3. The maximum Gasteiger partial charge on any atom is 0.413 e. The first kappa shape index (κ1) is 22.4. The van der Waals surface area contributed by atoms with Crippen LogP contribution in [0.3, 0.4) is 0 Å². The molecule has 2 aromatic rings. The van der Waals surface area contributed by atoms with Crippen molar-refractivity contribution >= 4 is 17.1 Å². The van der Waals surface area contributed by atoms with E-state index in [1.807, 2.05) is 13.8 Å². The highest BCUT2D eigenvalue weighted by molar-refractivity contribution is 5.76. The molecule has 0 aromatic carbocycles. The zero-order valence-electron chi connectivity index (χ0n) is 18.5. The quantitative estimate of drug-likeness (QED) is 0.598. The van der Waals surface area contributed by atoms with Gasteiger partial charge in [0.05, 0.1) is 5.41 Å². The molecular weight excluding hydrogens is 425 g/mol. The second kappa shape index (κ2) is 7.36. The van der Waals surface area contributed by atoms with E-state index in [9.17, 15) is 22.8 Å². The fourth-order valence-electron chi connectivity index (χ4n) is 5.22. The molecule has 11 heteroatoms. The smallest absolute Gasteiger partial charge is 0.326 e. The number of fused-ring (bicyclic) bond motifs is 4. The molecule has 8 nitrogen and oxygen atoms in total. The number of allylic oxidation sites excluding steroid dienone is 3. The lowest BCUT2D eigenvalue weighted by Gasteiger charge is -2.48. The van der Waals surface area contributed by atoms with Crippen LogP contribution in [0.5, 0.6) is 0 Å². The van der Waals surface area contributed by atoms with Crippen LogP contribution in [0, 0.1) is 5.41 Å². The number of hydrogen-bond donors (Lipinski definition) is 2. The Kier molecular flexibility index (Phi) is 5.15. The molecule has 3 N–H and O–H groups in total. The number of H-pyrrole nitrogens is 1. The molecule has 5 rings (SSSR count). The number of halogens is 3. The lowest BCUT2D eigenvalue weighted by atomic mass is 9.70. The summed E-state index contributed by atoms with van der Waals surface area (Å²) in [6, 6.07) is -0.261. The molecule has 0 amide bonds. The van der Waals surface area contributed by atoms with Crippen molar-refractivity contribution in [1.29, 1.82) is 0 Å². The van der Waals surface area contributed by atoms with E-state index in [-0.39, 0.29) is 36.7 Å². The van der Waals surface area contributed by atoms with E-state index >= 15 is 0 Å². The largest absolute Gasteiger partial charge is 0.413 e. The molecular formula is C21H27F3N6O2. The van der Waals surface area contributed by atoms with E-state index in [2.05, 4.69) is 9.97 Å². The number of hydrogen-bond acceptors (Lipinski definition) is 5. The Bertz CT molecular complexity index is 1270. The first-order valence-corrected chi connectivity index (χ1v) is 10.8. The summed E-state index contributed by atoms with van der Waals surface area (Å²) in [4.78, 5) is 33.1. The Labute approximate surface area is 182 Å². The number of imidazole rings is 1. The summed E-state index contributed by atoms with van der Waals surface area (Å²) in [6.45, 7) is 5.75. The third kappa shape index (κ3) is 3.05. The van der Waals surface area contributed by atoms with Crippen molar-refractivity contribution in [3.63, 3.8) is 0 Å². The van der Waals surface area contributed by atoms with Crippen molar-refractivity contribution in [3.05, 3.63) is 43.8 Å². The van der Waals surface area contributed by atoms with Gasteiger partial charge in [0.15, 0.2) is 11.2 Å². The third-order valence-corrected chi connectivity index (χ3v) is 6.52. The topological polar surface area (TPSA) is 102 Å². The Hall–Kier alpha value is -2.82. The minimum atomic E-state index is -4.51. The van der Waals surface area contributed by atoms with E-state index in [1.165, 1.54) is 22.3 Å². The number of aromatic amines is 1. The Morgan fingerprint density at radius 1 is 1.28 bits per heavy atom. The van der Waals surface area contributed by atoms with Crippen LogP contribution in [0.4, 0.5) is 19.1 Å². The van der Waals surface area contributed by atoms with Gasteiger partial charge in [-0.2, -0.15) is 18.2 Å². The number of aromatic nitrogens is 4. The summed E-state index contributed by atoms with van der Waals surface area (Å²) < 4.78 is 44.8.